The summed E-state index contributed by atoms with van der Waals surface area (Å²) in [5.74, 6) is 0.577. The van der Waals surface area contributed by atoms with E-state index in [0.717, 1.165) is 15.6 Å². The first-order chi connectivity index (χ1) is 13.8. The molecule has 0 saturated heterocycles. The van der Waals surface area contributed by atoms with E-state index in [1.807, 2.05) is 37.3 Å². The molecule has 4 nitrogen and oxygen atoms in total. The molecule has 0 aliphatic heterocycles. The molecule has 1 atom stereocenters. The maximum Gasteiger partial charge on any atom is 0.242 e. The highest BCUT2D eigenvalue weighted by atomic mass is 79.9. The van der Waals surface area contributed by atoms with Gasteiger partial charge in [0.25, 0.3) is 0 Å². The molecule has 1 unspecified atom stereocenters. The van der Waals surface area contributed by atoms with Crippen LogP contribution in [0.5, 0.6) is 0 Å². The van der Waals surface area contributed by atoms with Gasteiger partial charge in [-0.05, 0) is 49.2 Å². The van der Waals surface area contributed by atoms with Crippen LogP contribution in [0.1, 0.15) is 25.0 Å². The van der Waals surface area contributed by atoms with Crippen molar-refractivity contribution in [2.75, 3.05) is 12.3 Å². The molecule has 1 N–H and O–H groups in total. The number of nitrogens with zero attached hydrogens (tertiary/aromatic N) is 1. The van der Waals surface area contributed by atoms with Gasteiger partial charge in [0.2, 0.25) is 11.8 Å². The summed E-state index contributed by atoms with van der Waals surface area (Å²) < 4.78 is 0.964. The zero-order valence-electron chi connectivity index (χ0n) is 16.3. The molecular weight excluding hydrogens is 495 g/mol. The van der Waals surface area contributed by atoms with Crippen LogP contribution < -0.4 is 5.32 Å². The number of benzene rings is 2. The van der Waals surface area contributed by atoms with Gasteiger partial charge in [0.15, 0.2) is 0 Å². The van der Waals surface area contributed by atoms with E-state index in [-0.39, 0.29) is 17.6 Å². The van der Waals surface area contributed by atoms with Gasteiger partial charge in [0.1, 0.15) is 6.04 Å². The Morgan fingerprint density at radius 2 is 1.86 bits per heavy atom. The van der Waals surface area contributed by atoms with Crippen molar-refractivity contribution >= 4 is 62.7 Å². The van der Waals surface area contributed by atoms with Gasteiger partial charge in [0, 0.05) is 33.4 Å². The lowest BCUT2D eigenvalue weighted by Gasteiger charge is -2.28. The molecule has 0 bridgehead atoms. The van der Waals surface area contributed by atoms with E-state index in [1.54, 1.807) is 24.0 Å². The lowest BCUT2D eigenvalue weighted by atomic mass is 10.1. The molecule has 2 aromatic carbocycles. The second-order valence-corrected chi connectivity index (χ2v) is 9.19. The SMILES string of the molecule is CCNC(=O)C(C)N(Cc1ccc(Br)cc1)C(=O)CSCc1ccc(Cl)cc1Cl. The Morgan fingerprint density at radius 3 is 2.48 bits per heavy atom. The number of nitrogens with one attached hydrogen (secondary N) is 1. The first-order valence-corrected chi connectivity index (χ1v) is 11.9. The molecule has 8 heteroatoms. The van der Waals surface area contributed by atoms with Crippen LogP contribution in [0.15, 0.2) is 46.9 Å². The average molecular weight is 518 g/mol. The molecule has 0 spiro atoms. The molecule has 0 aliphatic carbocycles. The minimum atomic E-state index is -0.564. The molecule has 0 radical (unpaired) electrons. The van der Waals surface area contributed by atoms with Crippen molar-refractivity contribution in [3.63, 3.8) is 0 Å². The molecule has 2 aromatic rings. The van der Waals surface area contributed by atoms with E-state index in [4.69, 9.17) is 23.2 Å². The van der Waals surface area contributed by atoms with Gasteiger partial charge in [-0.15, -0.1) is 11.8 Å². The summed E-state index contributed by atoms with van der Waals surface area (Å²) >= 11 is 17.0. The Balaban J connectivity index is 2.06. The Labute approximate surface area is 194 Å². The van der Waals surface area contributed by atoms with Crippen molar-refractivity contribution < 1.29 is 9.59 Å². The average Bonchev–Trinajstić information content (AvgIpc) is 2.68. The van der Waals surface area contributed by atoms with Gasteiger partial charge >= 0.3 is 0 Å². The number of hydrogen-bond acceptors (Lipinski definition) is 3. The number of thioether (sulfide) groups is 1. The van der Waals surface area contributed by atoms with E-state index in [9.17, 15) is 9.59 Å². The molecule has 0 aromatic heterocycles. The maximum absolute atomic E-state index is 13.0. The van der Waals surface area contributed by atoms with Crippen molar-refractivity contribution in [2.45, 2.75) is 32.2 Å². The van der Waals surface area contributed by atoms with Crippen LogP contribution in [0, 0.1) is 0 Å². The summed E-state index contributed by atoms with van der Waals surface area (Å²) in [5.41, 5.74) is 1.88. The fraction of sp³-hybridized carbons (Fsp3) is 0.333. The number of amides is 2. The van der Waals surface area contributed by atoms with Crippen molar-refractivity contribution in [1.82, 2.24) is 10.2 Å². The van der Waals surface area contributed by atoms with Crippen LogP contribution in [0.25, 0.3) is 0 Å². The Kier molecular flexibility index (Phi) is 9.83. The highest BCUT2D eigenvalue weighted by Crippen LogP contribution is 2.25. The molecule has 0 saturated carbocycles. The summed E-state index contributed by atoms with van der Waals surface area (Å²) in [6.45, 7) is 4.50. The van der Waals surface area contributed by atoms with Crippen LogP contribution in [0.3, 0.4) is 0 Å². The summed E-state index contributed by atoms with van der Waals surface area (Å²) in [6.07, 6.45) is 0. The maximum atomic E-state index is 13.0. The van der Waals surface area contributed by atoms with Gasteiger partial charge in [-0.1, -0.05) is 57.3 Å². The number of halogens is 3. The molecule has 0 aliphatic rings. The Hall–Kier alpha value is -1.21. The molecule has 0 fully saturated rings. The monoisotopic (exact) mass is 516 g/mol. The van der Waals surface area contributed by atoms with Crippen molar-refractivity contribution in [3.05, 3.63) is 68.1 Å². The smallest absolute Gasteiger partial charge is 0.242 e. The van der Waals surface area contributed by atoms with Crippen molar-refractivity contribution in [1.29, 1.82) is 0 Å². The fourth-order valence-electron chi connectivity index (χ4n) is 2.66. The lowest BCUT2D eigenvalue weighted by Crippen LogP contribution is -2.48. The third kappa shape index (κ3) is 7.52. The quantitative estimate of drug-likeness (QED) is 0.474. The van der Waals surface area contributed by atoms with E-state index >= 15 is 0 Å². The van der Waals surface area contributed by atoms with Crippen LogP contribution >= 0.6 is 50.9 Å². The minimum absolute atomic E-state index is 0.0956. The standard InChI is InChI=1S/C21H23BrCl2N2O2S/c1-3-25-21(28)14(2)26(11-15-4-7-17(22)8-5-15)20(27)13-29-12-16-6-9-18(23)10-19(16)24/h4-10,14H,3,11-13H2,1-2H3,(H,25,28). The van der Waals surface area contributed by atoms with Crippen LogP contribution in [0.2, 0.25) is 10.0 Å². The number of hydrogen-bond donors (Lipinski definition) is 1. The van der Waals surface area contributed by atoms with Crippen LogP contribution in [-0.2, 0) is 21.9 Å². The molecule has 2 amide bonds. The third-order valence-electron chi connectivity index (χ3n) is 4.28. The highest BCUT2D eigenvalue weighted by molar-refractivity contribution is 9.10. The Morgan fingerprint density at radius 1 is 1.17 bits per heavy atom. The number of rotatable bonds is 9. The van der Waals surface area contributed by atoms with Gasteiger partial charge in [-0.2, -0.15) is 0 Å². The van der Waals surface area contributed by atoms with Crippen LogP contribution in [0.4, 0.5) is 0 Å². The normalized spacial score (nSPS) is 11.8. The summed E-state index contributed by atoms with van der Waals surface area (Å²) in [6, 6.07) is 12.5. The lowest BCUT2D eigenvalue weighted by molar-refractivity contribution is -0.138. The first-order valence-electron chi connectivity index (χ1n) is 9.15. The van der Waals surface area contributed by atoms with Crippen LogP contribution in [-0.4, -0.2) is 35.1 Å². The second-order valence-electron chi connectivity index (χ2n) is 6.45. The zero-order valence-corrected chi connectivity index (χ0v) is 20.2. The van der Waals surface area contributed by atoms with Crippen molar-refractivity contribution in [3.8, 4) is 0 Å². The molecular formula is C21H23BrCl2N2O2S. The summed E-state index contributed by atoms with van der Waals surface area (Å²) in [7, 11) is 0. The summed E-state index contributed by atoms with van der Waals surface area (Å²) in [5, 5.41) is 3.96. The molecule has 156 valence electrons. The first kappa shape index (κ1) is 24.1. The number of carbonyl (C=O) groups excluding carboxylic acids is 2. The third-order valence-corrected chi connectivity index (χ3v) is 6.36. The van der Waals surface area contributed by atoms with Crippen molar-refractivity contribution in [2.24, 2.45) is 0 Å². The molecule has 0 heterocycles. The fourth-order valence-corrected chi connectivity index (χ4v) is 4.39. The van der Waals surface area contributed by atoms with Gasteiger partial charge in [0.05, 0.1) is 5.75 Å². The van der Waals surface area contributed by atoms with E-state index in [2.05, 4.69) is 21.2 Å². The van der Waals surface area contributed by atoms with Gasteiger partial charge in [-0.25, -0.2) is 0 Å². The second kappa shape index (κ2) is 11.8. The molecule has 2 rings (SSSR count). The van der Waals surface area contributed by atoms with Gasteiger partial charge < -0.3 is 10.2 Å². The predicted octanol–water partition coefficient (Wildman–Crippen LogP) is 5.54. The number of carbonyl (C=O) groups is 2. The van der Waals surface area contributed by atoms with Gasteiger partial charge in [-0.3, -0.25) is 9.59 Å². The Bertz CT molecular complexity index is 849. The zero-order chi connectivity index (χ0) is 21.4. The molecule has 29 heavy (non-hydrogen) atoms. The summed E-state index contributed by atoms with van der Waals surface area (Å²) in [4.78, 5) is 26.9. The largest absolute Gasteiger partial charge is 0.355 e. The van der Waals surface area contributed by atoms with E-state index in [1.165, 1.54) is 11.8 Å². The topological polar surface area (TPSA) is 49.4 Å². The van der Waals surface area contributed by atoms with E-state index < -0.39 is 6.04 Å². The predicted molar refractivity (Wildman–Crippen MR) is 125 cm³/mol. The highest BCUT2D eigenvalue weighted by Gasteiger charge is 2.25. The number of likely N-dealkylation sites (N-methyl/N-ethyl adjacent to an activating group) is 1. The minimum Gasteiger partial charge on any atom is -0.355 e. The van der Waals surface area contributed by atoms with E-state index in [0.29, 0.717) is 28.9 Å².